The molecule has 0 aliphatic rings. The van der Waals surface area contributed by atoms with Crippen molar-refractivity contribution in [3.8, 4) is 0 Å². The van der Waals surface area contributed by atoms with Gasteiger partial charge in [-0.25, -0.2) is 4.79 Å². The molecule has 0 aliphatic heterocycles. The van der Waals surface area contributed by atoms with E-state index in [1.165, 1.54) is 0 Å². The van der Waals surface area contributed by atoms with Crippen molar-refractivity contribution < 1.29 is 9.53 Å². The number of benzene rings is 1. The number of unbranched alkanes of at least 4 members (excludes halogenated alkanes) is 2. The van der Waals surface area contributed by atoms with Crippen LogP contribution in [-0.2, 0) is 4.74 Å². The molecule has 0 bridgehead atoms. The van der Waals surface area contributed by atoms with Gasteiger partial charge < -0.3 is 4.74 Å². The van der Waals surface area contributed by atoms with E-state index in [1.54, 1.807) is 0 Å². The number of hydrogen-bond donors (Lipinski definition) is 0. The van der Waals surface area contributed by atoms with E-state index in [1.807, 2.05) is 45.0 Å². The first-order chi connectivity index (χ1) is 8.42. The quantitative estimate of drug-likeness (QED) is 0.575. The maximum Gasteiger partial charge on any atom is 0.338 e. The number of carbonyl (C=O) groups is 1. The molecule has 0 atom stereocenters. The van der Waals surface area contributed by atoms with Gasteiger partial charge in [-0.15, -0.1) is 0 Å². The summed E-state index contributed by atoms with van der Waals surface area (Å²) in [7, 11) is 0. The maximum absolute atomic E-state index is 11.8. The number of esters is 1. The van der Waals surface area contributed by atoms with Gasteiger partial charge in [-0.2, -0.15) is 0 Å². The lowest BCUT2D eigenvalue weighted by Crippen LogP contribution is -2.23. The first kappa shape index (κ1) is 14.7. The standard InChI is InChI=1S/C16H22O2/c1-5-6-7-8-13-9-11-14(12-10-13)15(17)18-16(2,3)4/h8-12H,1,5-7H2,2-4H3. The fourth-order valence-electron chi connectivity index (χ4n) is 1.51. The van der Waals surface area contributed by atoms with Gasteiger partial charge in [-0.3, -0.25) is 0 Å². The first-order valence-corrected chi connectivity index (χ1v) is 6.38. The van der Waals surface area contributed by atoms with Crippen LogP contribution in [0.3, 0.4) is 0 Å². The van der Waals surface area contributed by atoms with Crippen molar-refractivity contribution >= 4 is 5.97 Å². The molecule has 18 heavy (non-hydrogen) atoms. The highest BCUT2D eigenvalue weighted by atomic mass is 16.6. The molecule has 2 heteroatoms. The summed E-state index contributed by atoms with van der Waals surface area (Å²) in [5.41, 5.74) is 1.28. The van der Waals surface area contributed by atoms with Crippen LogP contribution < -0.4 is 0 Å². The smallest absolute Gasteiger partial charge is 0.338 e. The molecule has 0 amide bonds. The minimum Gasteiger partial charge on any atom is -0.456 e. The van der Waals surface area contributed by atoms with E-state index < -0.39 is 5.60 Å². The lowest BCUT2D eigenvalue weighted by atomic mass is 10.1. The van der Waals surface area contributed by atoms with Crippen molar-refractivity contribution in [2.24, 2.45) is 0 Å². The van der Waals surface area contributed by atoms with Gasteiger partial charge in [-0.05, 0) is 51.3 Å². The summed E-state index contributed by atoms with van der Waals surface area (Å²) in [6.07, 6.45) is 5.22. The monoisotopic (exact) mass is 246 g/mol. The van der Waals surface area contributed by atoms with Crippen LogP contribution >= 0.6 is 0 Å². The van der Waals surface area contributed by atoms with Crippen molar-refractivity contribution in [3.05, 3.63) is 48.7 Å². The summed E-state index contributed by atoms with van der Waals surface area (Å²) in [4.78, 5) is 11.8. The van der Waals surface area contributed by atoms with Gasteiger partial charge in [0.1, 0.15) is 5.60 Å². The molecule has 0 fully saturated rings. The van der Waals surface area contributed by atoms with Crippen LogP contribution in [0.15, 0.2) is 24.3 Å². The zero-order chi connectivity index (χ0) is 13.6. The summed E-state index contributed by atoms with van der Waals surface area (Å²) in [6.45, 7) is 9.41. The molecular weight excluding hydrogens is 224 g/mol. The van der Waals surface area contributed by atoms with Gasteiger partial charge in [0.2, 0.25) is 0 Å². The Balaban J connectivity index is 2.57. The predicted octanol–water partition coefficient (Wildman–Crippen LogP) is 4.20. The van der Waals surface area contributed by atoms with Crippen LogP contribution in [0, 0.1) is 13.3 Å². The lowest BCUT2D eigenvalue weighted by molar-refractivity contribution is 0.00695. The molecule has 0 saturated carbocycles. The molecule has 1 aromatic rings. The fourth-order valence-corrected chi connectivity index (χ4v) is 1.51. The van der Waals surface area contributed by atoms with Crippen molar-refractivity contribution in [1.82, 2.24) is 0 Å². The molecule has 0 spiro atoms. The first-order valence-electron chi connectivity index (χ1n) is 6.38. The summed E-state index contributed by atoms with van der Waals surface area (Å²) >= 11 is 0. The van der Waals surface area contributed by atoms with Gasteiger partial charge >= 0.3 is 5.97 Å². The van der Waals surface area contributed by atoms with E-state index in [9.17, 15) is 4.79 Å². The van der Waals surface area contributed by atoms with E-state index in [2.05, 4.69) is 13.3 Å². The molecule has 0 aliphatic carbocycles. The Labute approximate surface area is 110 Å². The zero-order valence-electron chi connectivity index (χ0n) is 11.5. The van der Waals surface area contributed by atoms with Crippen molar-refractivity contribution in [1.29, 1.82) is 0 Å². The number of ether oxygens (including phenoxy) is 1. The molecule has 98 valence electrons. The Morgan fingerprint density at radius 1 is 1.28 bits per heavy atom. The van der Waals surface area contributed by atoms with Gasteiger partial charge in [0.05, 0.1) is 5.56 Å². The molecule has 2 radical (unpaired) electrons. The molecule has 1 aromatic carbocycles. The van der Waals surface area contributed by atoms with Crippen LogP contribution in [0.1, 0.15) is 56.0 Å². The third kappa shape index (κ3) is 5.35. The highest BCUT2D eigenvalue weighted by Gasteiger charge is 2.17. The number of hydrogen-bond acceptors (Lipinski definition) is 2. The predicted molar refractivity (Wildman–Crippen MR) is 74.2 cm³/mol. The van der Waals surface area contributed by atoms with Crippen LogP contribution in [-0.4, -0.2) is 11.6 Å². The van der Waals surface area contributed by atoms with Crippen LogP contribution in [0.5, 0.6) is 0 Å². The molecule has 1 rings (SSSR count). The third-order valence-corrected chi connectivity index (χ3v) is 2.38. The SMILES string of the molecule is [CH2]CCC[CH]c1ccc(C(=O)OC(C)(C)C)cc1. The Kier molecular flexibility index (Phi) is 5.39. The molecule has 0 saturated heterocycles. The summed E-state index contributed by atoms with van der Waals surface area (Å²) in [5, 5.41) is 0. The van der Waals surface area contributed by atoms with Crippen molar-refractivity contribution in [3.63, 3.8) is 0 Å². The average Bonchev–Trinajstić information content (AvgIpc) is 2.28. The summed E-state index contributed by atoms with van der Waals surface area (Å²) < 4.78 is 5.30. The van der Waals surface area contributed by atoms with E-state index >= 15 is 0 Å². The Hall–Kier alpha value is -1.31. The minimum atomic E-state index is -0.448. The van der Waals surface area contributed by atoms with Crippen molar-refractivity contribution in [2.45, 2.75) is 45.6 Å². The number of rotatable bonds is 5. The van der Waals surface area contributed by atoms with E-state index in [0.717, 1.165) is 24.8 Å². The van der Waals surface area contributed by atoms with E-state index in [-0.39, 0.29) is 5.97 Å². The van der Waals surface area contributed by atoms with Crippen LogP contribution in [0.4, 0.5) is 0 Å². The van der Waals surface area contributed by atoms with Crippen LogP contribution in [0.25, 0.3) is 0 Å². The Bertz CT molecular complexity index is 371. The Morgan fingerprint density at radius 2 is 1.89 bits per heavy atom. The third-order valence-electron chi connectivity index (χ3n) is 2.38. The summed E-state index contributed by atoms with van der Waals surface area (Å²) in [5.74, 6) is -0.271. The van der Waals surface area contributed by atoms with Crippen LogP contribution in [0.2, 0.25) is 0 Å². The molecule has 2 nitrogen and oxygen atoms in total. The highest BCUT2D eigenvalue weighted by molar-refractivity contribution is 5.89. The molecule has 0 aromatic heterocycles. The molecule has 0 heterocycles. The molecular formula is C16H22O2. The second-order valence-corrected chi connectivity index (χ2v) is 5.32. The van der Waals surface area contributed by atoms with Gasteiger partial charge in [0.25, 0.3) is 0 Å². The fraction of sp³-hybridized carbons (Fsp3) is 0.438. The lowest BCUT2D eigenvalue weighted by Gasteiger charge is -2.19. The highest BCUT2D eigenvalue weighted by Crippen LogP contribution is 2.14. The van der Waals surface area contributed by atoms with Crippen molar-refractivity contribution in [2.75, 3.05) is 0 Å². The molecule has 0 N–H and O–H groups in total. The van der Waals surface area contributed by atoms with Gasteiger partial charge in [0.15, 0.2) is 0 Å². The second-order valence-electron chi connectivity index (χ2n) is 5.32. The Morgan fingerprint density at radius 3 is 2.39 bits per heavy atom. The largest absolute Gasteiger partial charge is 0.456 e. The topological polar surface area (TPSA) is 26.3 Å². The van der Waals surface area contributed by atoms with E-state index in [0.29, 0.717) is 5.56 Å². The normalized spacial score (nSPS) is 11.3. The number of carbonyl (C=O) groups excluding carboxylic acids is 1. The van der Waals surface area contributed by atoms with Gasteiger partial charge in [-0.1, -0.05) is 31.9 Å². The maximum atomic E-state index is 11.8. The van der Waals surface area contributed by atoms with E-state index in [4.69, 9.17) is 4.74 Å². The zero-order valence-corrected chi connectivity index (χ0v) is 11.5. The van der Waals surface area contributed by atoms with Gasteiger partial charge in [0, 0.05) is 0 Å². The average molecular weight is 246 g/mol. The summed E-state index contributed by atoms with van der Waals surface area (Å²) in [6, 6.07) is 7.51. The minimum absolute atomic E-state index is 0.271. The second kappa shape index (κ2) is 6.58. The molecule has 0 unspecified atom stereocenters.